The Balaban J connectivity index is 2.23. The number of nitro benzene ring substituents is 1. The van der Waals surface area contributed by atoms with Gasteiger partial charge < -0.3 is 5.32 Å². The summed E-state index contributed by atoms with van der Waals surface area (Å²) in [7, 11) is -4.54. The number of hydrogen-bond donors (Lipinski definition) is 2. The molecule has 2 aromatic rings. The second-order valence-corrected chi connectivity index (χ2v) is 7.14. The maximum Gasteiger partial charge on any atom is 0.322 e. The monoisotopic (exact) mass is 377 g/mol. The van der Waals surface area contributed by atoms with Crippen LogP contribution in [0.2, 0.25) is 0 Å². The van der Waals surface area contributed by atoms with Gasteiger partial charge in [0.05, 0.1) is 4.92 Å². The Morgan fingerprint density at radius 3 is 2.35 bits per heavy atom. The molecule has 9 nitrogen and oxygen atoms in total. The SMILES string of the molecule is Cc1c(N2CCNC2=O)ccc(S(=O)(=O)O)c1-c1ccc([N+](=O)[O-])cc1. The highest BCUT2D eigenvalue weighted by atomic mass is 32.2. The van der Waals surface area contributed by atoms with Crippen molar-refractivity contribution in [2.75, 3.05) is 18.0 Å². The summed E-state index contributed by atoms with van der Waals surface area (Å²) in [6.07, 6.45) is 0. The van der Waals surface area contributed by atoms with Gasteiger partial charge in [-0.1, -0.05) is 0 Å². The van der Waals surface area contributed by atoms with Crippen molar-refractivity contribution >= 4 is 27.5 Å². The highest BCUT2D eigenvalue weighted by molar-refractivity contribution is 7.86. The summed E-state index contributed by atoms with van der Waals surface area (Å²) in [6.45, 7) is 2.52. The Kier molecular flexibility index (Phi) is 4.38. The van der Waals surface area contributed by atoms with E-state index in [0.717, 1.165) is 0 Å². The van der Waals surface area contributed by atoms with Gasteiger partial charge in [0.25, 0.3) is 15.8 Å². The van der Waals surface area contributed by atoms with E-state index in [0.29, 0.717) is 29.9 Å². The third kappa shape index (κ3) is 3.11. The molecule has 0 spiro atoms. The van der Waals surface area contributed by atoms with Gasteiger partial charge in [0.1, 0.15) is 4.90 Å². The number of anilines is 1. The van der Waals surface area contributed by atoms with Gasteiger partial charge in [0.2, 0.25) is 0 Å². The van der Waals surface area contributed by atoms with E-state index in [9.17, 15) is 27.9 Å². The fourth-order valence-electron chi connectivity index (χ4n) is 2.99. The second-order valence-electron chi connectivity index (χ2n) is 5.75. The molecule has 1 heterocycles. The zero-order valence-electron chi connectivity index (χ0n) is 13.7. The van der Waals surface area contributed by atoms with E-state index in [4.69, 9.17) is 0 Å². The van der Waals surface area contributed by atoms with E-state index in [2.05, 4.69) is 5.32 Å². The van der Waals surface area contributed by atoms with Crippen molar-refractivity contribution < 1.29 is 22.7 Å². The molecule has 1 saturated heterocycles. The molecule has 3 rings (SSSR count). The number of carbonyl (C=O) groups excluding carboxylic acids is 1. The number of hydrogen-bond acceptors (Lipinski definition) is 5. The summed E-state index contributed by atoms with van der Waals surface area (Å²) in [5.74, 6) is 0. The highest BCUT2D eigenvalue weighted by Gasteiger charge is 2.27. The van der Waals surface area contributed by atoms with Crippen LogP contribution >= 0.6 is 0 Å². The van der Waals surface area contributed by atoms with Gasteiger partial charge in [-0.15, -0.1) is 0 Å². The lowest BCUT2D eigenvalue weighted by Crippen LogP contribution is -2.28. The molecule has 2 aromatic carbocycles. The first-order valence-electron chi connectivity index (χ1n) is 7.61. The first-order valence-corrected chi connectivity index (χ1v) is 9.05. The predicted molar refractivity (Wildman–Crippen MR) is 93.8 cm³/mol. The molecule has 2 amide bonds. The number of rotatable bonds is 4. The number of urea groups is 1. The van der Waals surface area contributed by atoms with E-state index >= 15 is 0 Å². The Labute approximate surface area is 149 Å². The van der Waals surface area contributed by atoms with Gasteiger partial charge in [-0.05, 0) is 42.3 Å². The highest BCUT2D eigenvalue weighted by Crippen LogP contribution is 2.37. The van der Waals surface area contributed by atoms with Gasteiger partial charge in [-0.3, -0.25) is 19.6 Å². The van der Waals surface area contributed by atoms with E-state index < -0.39 is 15.0 Å². The normalized spacial score (nSPS) is 14.4. The molecule has 136 valence electrons. The topological polar surface area (TPSA) is 130 Å². The molecule has 0 saturated carbocycles. The fourth-order valence-corrected chi connectivity index (χ4v) is 3.76. The number of carbonyl (C=O) groups is 1. The van der Waals surface area contributed by atoms with Crippen LogP contribution in [-0.4, -0.2) is 37.0 Å². The molecule has 0 unspecified atom stereocenters. The minimum atomic E-state index is -4.54. The van der Waals surface area contributed by atoms with Crippen LogP contribution in [0, 0.1) is 17.0 Å². The number of amides is 2. The molecule has 0 aliphatic carbocycles. The lowest BCUT2D eigenvalue weighted by molar-refractivity contribution is -0.384. The van der Waals surface area contributed by atoms with Gasteiger partial charge in [-0.2, -0.15) is 8.42 Å². The van der Waals surface area contributed by atoms with Crippen molar-refractivity contribution in [3.63, 3.8) is 0 Å². The number of non-ortho nitro benzene ring substituents is 1. The molecule has 0 bridgehead atoms. The minimum Gasteiger partial charge on any atom is -0.336 e. The average molecular weight is 377 g/mol. The molecule has 0 aromatic heterocycles. The van der Waals surface area contributed by atoms with Crippen molar-refractivity contribution in [1.82, 2.24) is 5.32 Å². The van der Waals surface area contributed by atoms with E-state index in [1.54, 1.807) is 6.92 Å². The summed E-state index contributed by atoms with van der Waals surface area (Å²) in [6, 6.07) is 7.68. The fraction of sp³-hybridized carbons (Fsp3) is 0.188. The lowest BCUT2D eigenvalue weighted by atomic mass is 9.98. The second kappa shape index (κ2) is 6.39. The van der Waals surface area contributed by atoms with Crippen LogP contribution < -0.4 is 10.2 Å². The van der Waals surface area contributed by atoms with Crippen molar-refractivity contribution in [3.8, 4) is 11.1 Å². The van der Waals surface area contributed by atoms with Crippen LogP contribution in [0.1, 0.15) is 5.56 Å². The molecular weight excluding hydrogens is 362 g/mol. The third-order valence-electron chi connectivity index (χ3n) is 4.19. The molecule has 26 heavy (non-hydrogen) atoms. The van der Waals surface area contributed by atoms with Gasteiger partial charge in [-0.25, -0.2) is 4.79 Å². The van der Waals surface area contributed by atoms with Gasteiger partial charge in [0.15, 0.2) is 0 Å². The largest absolute Gasteiger partial charge is 0.336 e. The maximum atomic E-state index is 11.9. The Bertz CT molecular complexity index is 1000. The van der Waals surface area contributed by atoms with E-state index in [-0.39, 0.29) is 22.2 Å². The van der Waals surface area contributed by atoms with Crippen LogP contribution in [0.3, 0.4) is 0 Å². The van der Waals surface area contributed by atoms with E-state index in [1.807, 2.05) is 0 Å². The average Bonchev–Trinajstić information content (AvgIpc) is 2.99. The molecule has 0 atom stereocenters. The maximum absolute atomic E-state index is 11.9. The minimum absolute atomic E-state index is 0.144. The van der Waals surface area contributed by atoms with Crippen LogP contribution in [0.5, 0.6) is 0 Å². The molecule has 10 heteroatoms. The van der Waals surface area contributed by atoms with E-state index in [1.165, 1.54) is 41.3 Å². The Morgan fingerprint density at radius 2 is 1.85 bits per heavy atom. The third-order valence-corrected chi connectivity index (χ3v) is 5.09. The van der Waals surface area contributed by atoms with Crippen molar-refractivity contribution in [1.29, 1.82) is 0 Å². The summed E-state index contributed by atoms with van der Waals surface area (Å²) in [4.78, 5) is 23.4. The van der Waals surface area contributed by atoms with Crippen molar-refractivity contribution in [3.05, 3.63) is 52.1 Å². The van der Waals surface area contributed by atoms with Crippen LogP contribution in [-0.2, 0) is 10.1 Å². The Hall–Kier alpha value is -2.98. The zero-order chi connectivity index (χ0) is 19.1. The van der Waals surface area contributed by atoms with Gasteiger partial charge in [0, 0.05) is 36.5 Å². The number of nitro groups is 1. The van der Waals surface area contributed by atoms with Crippen molar-refractivity contribution in [2.24, 2.45) is 0 Å². The summed E-state index contributed by atoms with van der Waals surface area (Å²) in [5, 5.41) is 13.5. The number of nitrogens with one attached hydrogen (secondary N) is 1. The van der Waals surface area contributed by atoms with Crippen LogP contribution in [0.4, 0.5) is 16.2 Å². The smallest absolute Gasteiger partial charge is 0.322 e. The molecule has 1 fully saturated rings. The molecule has 0 radical (unpaired) electrons. The lowest BCUT2D eigenvalue weighted by Gasteiger charge is -2.21. The molecule has 1 aliphatic heterocycles. The first kappa shape index (κ1) is 17.8. The predicted octanol–water partition coefficient (Wildman–Crippen LogP) is 2.35. The van der Waals surface area contributed by atoms with Crippen molar-refractivity contribution in [2.45, 2.75) is 11.8 Å². The first-order chi connectivity index (χ1) is 12.2. The Morgan fingerprint density at radius 1 is 1.19 bits per heavy atom. The van der Waals surface area contributed by atoms with Crippen LogP contribution in [0.15, 0.2) is 41.3 Å². The van der Waals surface area contributed by atoms with Gasteiger partial charge >= 0.3 is 6.03 Å². The summed E-state index contributed by atoms with van der Waals surface area (Å²) >= 11 is 0. The molecule has 2 N–H and O–H groups in total. The summed E-state index contributed by atoms with van der Waals surface area (Å²) in [5.41, 5.74) is 1.39. The molecular formula is C16H15N3O6S. The standard InChI is InChI=1S/C16H15N3O6S/c1-10-13(18-9-8-17-16(18)20)6-7-14(26(23,24)25)15(10)11-2-4-12(5-3-11)19(21)22/h2-7H,8-9H2,1H3,(H,17,20)(H,23,24,25). The summed E-state index contributed by atoms with van der Waals surface area (Å²) < 4.78 is 33.2. The number of nitrogens with zero attached hydrogens (tertiary/aromatic N) is 2. The number of benzene rings is 2. The quantitative estimate of drug-likeness (QED) is 0.478. The zero-order valence-corrected chi connectivity index (χ0v) is 14.5. The van der Waals surface area contributed by atoms with Crippen LogP contribution in [0.25, 0.3) is 11.1 Å². The molecule has 1 aliphatic rings.